The van der Waals surface area contributed by atoms with E-state index in [4.69, 9.17) is 4.74 Å². The lowest BCUT2D eigenvalue weighted by Crippen LogP contribution is -2.47. The van der Waals surface area contributed by atoms with Gasteiger partial charge < -0.3 is 20.1 Å². The molecule has 2 amide bonds. The molecule has 2 aromatic rings. The fourth-order valence-electron chi connectivity index (χ4n) is 5.65. The second kappa shape index (κ2) is 8.46. The molecule has 1 aliphatic heterocycles. The summed E-state index contributed by atoms with van der Waals surface area (Å²) >= 11 is 0. The number of ether oxygens (including phenoxy) is 1. The first-order chi connectivity index (χ1) is 16.3. The van der Waals surface area contributed by atoms with Crippen molar-refractivity contribution >= 4 is 18.0 Å². The molecule has 3 atom stereocenters. The maximum absolute atomic E-state index is 12.9. The zero-order valence-electron chi connectivity index (χ0n) is 19.5. The lowest BCUT2D eigenvalue weighted by Gasteiger charge is -2.29. The number of carboxylic acids is 1. The molecule has 2 fully saturated rings. The molecular formula is C27H30N2O5. The number of hydrogen-bond acceptors (Lipinski definition) is 4. The highest BCUT2D eigenvalue weighted by Crippen LogP contribution is 2.45. The number of hydrogen-bond donors (Lipinski definition) is 2. The van der Waals surface area contributed by atoms with E-state index >= 15 is 0 Å². The average Bonchev–Trinajstić information content (AvgIpc) is 3.42. The van der Waals surface area contributed by atoms with Crippen LogP contribution in [0.4, 0.5) is 4.79 Å². The minimum absolute atomic E-state index is 0.000116. The molecule has 2 N–H and O–H groups in total. The van der Waals surface area contributed by atoms with Crippen LogP contribution in [0.3, 0.4) is 0 Å². The van der Waals surface area contributed by atoms with Crippen molar-refractivity contribution in [2.45, 2.75) is 38.6 Å². The van der Waals surface area contributed by atoms with Crippen LogP contribution in [0.15, 0.2) is 48.5 Å². The van der Waals surface area contributed by atoms with Crippen molar-refractivity contribution in [1.29, 1.82) is 0 Å². The summed E-state index contributed by atoms with van der Waals surface area (Å²) in [6, 6.07) is 15.6. The molecule has 7 nitrogen and oxygen atoms in total. The largest absolute Gasteiger partial charge is 0.480 e. The van der Waals surface area contributed by atoms with Crippen LogP contribution in [0.5, 0.6) is 0 Å². The first kappa shape index (κ1) is 22.4. The monoisotopic (exact) mass is 462 g/mol. The third kappa shape index (κ3) is 3.93. The molecule has 1 saturated carbocycles. The van der Waals surface area contributed by atoms with Gasteiger partial charge in [-0.25, -0.2) is 9.59 Å². The Kier molecular flexibility index (Phi) is 5.58. The number of carboxylic acid groups (broad SMARTS) is 1. The summed E-state index contributed by atoms with van der Waals surface area (Å²) < 4.78 is 5.57. The summed E-state index contributed by atoms with van der Waals surface area (Å²) in [4.78, 5) is 38.6. The van der Waals surface area contributed by atoms with Crippen LogP contribution in [0.1, 0.15) is 43.7 Å². The minimum atomic E-state index is -0.954. The first-order valence-electron chi connectivity index (χ1n) is 11.9. The Morgan fingerprint density at radius 3 is 2.29 bits per heavy atom. The number of alkyl carbamates (subject to hydrolysis) is 1. The van der Waals surface area contributed by atoms with Crippen molar-refractivity contribution in [1.82, 2.24) is 10.2 Å². The van der Waals surface area contributed by atoms with Crippen molar-refractivity contribution in [3.05, 3.63) is 59.7 Å². The molecule has 3 aliphatic rings. The number of fused-ring (bicyclic) bond motifs is 3. The third-order valence-corrected chi connectivity index (χ3v) is 7.66. The van der Waals surface area contributed by atoms with Gasteiger partial charge in [-0.3, -0.25) is 4.79 Å². The van der Waals surface area contributed by atoms with Crippen LogP contribution in [-0.2, 0) is 14.3 Å². The minimum Gasteiger partial charge on any atom is -0.480 e. The summed E-state index contributed by atoms with van der Waals surface area (Å²) in [6.07, 6.45) is 0.835. The number of nitrogens with one attached hydrogen (secondary N) is 1. The van der Waals surface area contributed by atoms with Crippen LogP contribution in [0, 0.1) is 17.3 Å². The van der Waals surface area contributed by atoms with Gasteiger partial charge in [0.1, 0.15) is 12.6 Å². The van der Waals surface area contributed by atoms with Crippen LogP contribution in [0.2, 0.25) is 0 Å². The lowest BCUT2D eigenvalue weighted by molar-refractivity contribution is -0.151. The molecule has 178 valence electrons. The SMILES string of the molecule is CC1(C)CCN(C(=O)[C@H]2C[C@H]2CNC(=O)OCC2c3ccccc3-c3ccccc32)C1C(=O)O. The van der Waals surface area contributed by atoms with Gasteiger partial charge in [-0.15, -0.1) is 0 Å². The Hall–Kier alpha value is -3.35. The Morgan fingerprint density at radius 1 is 1.06 bits per heavy atom. The molecule has 0 radical (unpaired) electrons. The van der Waals surface area contributed by atoms with Crippen molar-refractivity contribution in [2.24, 2.45) is 17.3 Å². The van der Waals surface area contributed by atoms with E-state index in [9.17, 15) is 19.5 Å². The topological polar surface area (TPSA) is 95.9 Å². The number of likely N-dealkylation sites (tertiary alicyclic amines) is 1. The molecule has 0 spiro atoms. The maximum Gasteiger partial charge on any atom is 0.407 e. The van der Waals surface area contributed by atoms with E-state index in [1.807, 2.05) is 38.1 Å². The van der Waals surface area contributed by atoms with E-state index < -0.39 is 23.5 Å². The van der Waals surface area contributed by atoms with Crippen LogP contribution in [0.25, 0.3) is 11.1 Å². The van der Waals surface area contributed by atoms with Crippen molar-refractivity contribution in [3.8, 4) is 11.1 Å². The molecule has 2 aromatic carbocycles. The molecule has 0 bridgehead atoms. The van der Waals surface area contributed by atoms with Gasteiger partial charge in [-0.2, -0.15) is 0 Å². The first-order valence-corrected chi connectivity index (χ1v) is 11.9. The predicted octanol–water partition coefficient (Wildman–Crippen LogP) is 3.87. The average molecular weight is 463 g/mol. The van der Waals surface area contributed by atoms with E-state index in [-0.39, 0.29) is 30.3 Å². The number of rotatable bonds is 6. The van der Waals surface area contributed by atoms with Gasteiger partial charge in [0.25, 0.3) is 0 Å². The lowest BCUT2D eigenvalue weighted by atomic mass is 9.85. The maximum atomic E-state index is 12.9. The summed E-state index contributed by atoms with van der Waals surface area (Å²) in [5.41, 5.74) is 4.23. The van der Waals surface area contributed by atoms with E-state index in [1.54, 1.807) is 0 Å². The number of amides is 2. The van der Waals surface area contributed by atoms with E-state index in [0.717, 1.165) is 11.1 Å². The summed E-state index contributed by atoms with van der Waals surface area (Å²) in [5.74, 6) is -1.28. The zero-order chi connectivity index (χ0) is 24.0. The number of nitrogens with zero attached hydrogens (tertiary/aromatic N) is 1. The fourth-order valence-corrected chi connectivity index (χ4v) is 5.65. The van der Waals surface area contributed by atoms with Crippen LogP contribution in [-0.4, -0.2) is 53.7 Å². The number of aliphatic carboxylic acids is 1. The molecule has 1 unspecified atom stereocenters. The van der Waals surface area contributed by atoms with Crippen LogP contribution < -0.4 is 5.32 Å². The number of benzene rings is 2. The zero-order valence-corrected chi connectivity index (χ0v) is 19.5. The summed E-state index contributed by atoms with van der Waals surface area (Å²) in [6.45, 7) is 4.84. The standard InChI is InChI=1S/C27H30N2O5/c1-27(2)11-12-29(23(27)25(31)32)24(30)21-13-16(21)14-28-26(33)34-15-22-19-9-5-3-7-17(19)18-8-4-6-10-20(18)22/h3-10,16,21-23H,11-15H2,1-2H3,(H,28,33)(H,31,32)/t16-,21-,23?/m0/s1. The molecular weight excluding hydrogens is 432 g/mol. The molecule has 0 aromatic heterocycles. The predicted molar refractivity (Wildman–Crippen MR) is 126 cm³/mol. The normalized spacial score (nSPS) is 24.3. The third-order valence-electron chi connectivity index (χ3n) is 7.66. The van der Waals surface area contributed by atoms with Gasteiger partial charge in [-0.1, -0.05) is 62.4 Å². The molecule has 1 heterocycles. The van der Waals surface area contributed by atoms with Gasteiger partial charge in [-0.05, 0) is 46.4 Å². The van der Waals surface area contributed by atoms with E-state index in [1.165, 1.54) is 16.0 Å². The van der Waals surface area contributed by atoms with Crippen molar-refractivity contribution in [3.63, 3.8) is 0 Å². The summed E-state index contributed by atoms with van der Waals surface area (Å²) in [7, 11) is 0. The van der Waals surface area contributed by atoms with Gasteiger partial charge >= 0.3 is 12.1 Å². The fraction of sp³-hybridized carbons (Fsp3) is 0.444. The van der Waals surface area contributed by atoms with E-state index in [0.29, 0.717) is 25.9 Å². The quantitative estimate of drug-likeness (QED) is 0.679. The van der Waals surface area contributed by atoms with Crippen molar-refractivity contribution in [2.75, 3.05) is 19.7 Å². The highest BCUT2D eigenvalue weighted by molar-refractivity contribution is 5.88. The molecule has 5 rings (SSSR count). The smallest absolute Gasteiger partial charge is 0.407 e. The van der Waals surface area contributed by atoms with Gasteiger partial charge in [0.2, 0.25) is 5.91 Å². The van der Waals surface area contributed by atoms with Gasteiger partial charge in [0.05, 0.1) is 0 Å². The second-order valence-corrected chi connectivity index (χ2v) is 10.3. The van der Waals surface area contributed by atoms with Gasteiger partial charge in [0, 0.05) is 24.9 Å². The number of carbonyl (C=O) groups excluding carboxylic acids is 2. The molecule has 1 saturated heterocycles. The summed E-state index contributed by atoms with van der Waals surface area (Å²) in [5, 5.41) is 12.4. The number of carbonyl (C=O) groups is 3. The molecule has 7 heteroatoms. The Balaban J connectivity index is 1.13. The molecule has 34 heavy (non-hydrogen) atoms. The van der Waals surface area contributed by atoms with Crippen LogP contribution >= 0.6 is 0 Å². The van der Waals surface area contributed by atoms with Gasteiger partial charge in [0.15, 0.2) is 0 Å². The van der Waals surface area contributed by atoms with Crippen molar-refractivity contribution < 1.29 is 24.2 Å². The second-order valence-electron chi connectivity index (χ2n) is 10.3. The highest BCUT2D eigenvalue weighted by atomic mass is 16.5. The Bertz CT molecular complexity index is 1100. The Morgan fingerprint density at radius 2 is 1.68 bits per heavy atom. The Labute approximate surface area is 199 Å². The highest BCUT2D eigenvalue weighted by Gasteiger charge is 2.52. The molecule has 2 aliphatic carbocycles. The van der Waals surface area contributed by atoms with E-state index in [2.05, 4.69) is 29.6 Å².